The smallest absolute Gasteiger partial charge is 0.120 e. The van der Waals surface area contributed by atoms with Crippen molar-refractivity contribution in [3.63, 3.8) is 0 Å². The number of rotatable bonds is 3. The van der Waals surface area contributed by atoms with E-state index < -0.39 is 0 Å². The zero-order chi connectivity index (χ0) is 14.1. The zero-order valence-corrected chi connectivity index (χ0v) is 11.5. The van der Waals surface area contributed by atoms with Crippen LogP contribution in [0.1, 0.15) is 42.1 Å². The fraction of sp³-hybridized carbons (Fsp3) is 0.294. The van der Waals surface area contributed by atoms with Gasteiger partial charge in [-0.3, -0.25) is 0 Å². The highest BCUT2D eigenvalue weighted by molar-refractivity contribution is 5.41. The molecule has 0 spiro atoms. The van der Waals surface area contributed by atoms with Gasteiger partial charge in [0.25, 0.3) is 0 Å². The molecule has 2 aromatic rings. The minimum absolute atomic E-state index is 0.0155. The van der Waals surface area contributed by atoms with Crippen LogP contribution in [0.15, 0.2) is 42.5 Å². The molecule has 0 aromatic heterocycles. The molecular weight excluding hydrogens is 250 g/mol. The van der Waals surface area contributed by atoms with E-state index in [-0.39, 0.29) is 17.5 Å². The van der Waals surface area contributed by atoms with E-state index in [1.807, 2.05) is 6.92 Å². The number of fused-ring (bicyclic) bond motifs is 1. The number of aryl methyl sites for hydroxylation is 1. The van der Waals surface area contributed by atoms with E-state index in [0.29, 0.717) is 6.04 Å². The number of hydrogen-bond donors (Lipinski definition) is 3. The fourth-order valence-corrected chi connectivity index (χ4v) is 3.01. The second kappa shape index (κ2) is 5.17. The quantitative estimate of drug-likeness (QED) is 0.748. The van der Waals surface area contributed by atoms with Gasteiger partial charge in [-0.05, 0) is 49.1 Å². The van der Waals surface area contributed by atoms with Gasteiger partial charge in [-0.15, -0.1) is 0 Å². The molecule has 104 valence electrons. The molecule has 1 aliphatic carbocycles. The summed E-state index contributed by atoms with van der Waals surface area (Å²) in [7, 11) is 0. The molecule has 1 aliphatic rings. The summed E-state index contributed by atoms with van der Waals surface area (Å²) in [4.78, 5) is 0. The number of aromatic hydroxyl groups is 2. The van der Waals surface area contributed by atoms with E-state index in [9.17, 15) is 10.2 Å². The topological polar surface area (TPSA) is 52.5 Å². The van der Waals surface area contributed by atoms with Crippen LogP contribution in [0.4, 0.5) is 0 Å². The highest BCUT2D eigenvalue weighted by Gasteiger charge is 2.24. The van der Waals surface area contributed by atoms with Gasteiger partial charge in [0.05, 0.1) is 0 Å². The van der Waals surface area contributed by atoms with Crippen molar-refractivity contribution in [2.24, 2.45) is 0 Å². The Hall–Kier alpha value is -2.00. The highest BCUT2D eigenvalue weighted by atomic mass is 16.3. The predicted molar refractivity (Wildman–Crippen MR) is 78.8 cm³/mol. The van der Waals surface area contributed by atoms with Crippen molar-refractivity contribution < 1.29 is 10.2 Å². The summed E-state index contributed by atoms with van der Waals surface area (Å²) in [6, 6.07) is 13.4. The molecular formula is C17H19NO2. The van der Waals surface area contributed by atoms with Crippen LogP contribution < -0.4 is 5.32 Å². The maximum Gasteiger partial charge on any atom is 0.120 e. The van der Waals surface area contributed by atoms with Crippen molar-refractivity contribution >= 4 is 0 Å². The Kier molecular flexibility index (Phi) is 3.36. The normalized spacial score (nSPS) is 18.8. The lowest BCUT2D eigenvalue weighted by Crippen LogP contribution is -2.23. The average Bonchev–Trinajstić information content (AvgIpc) is 2.85. The van der Waals surface area contributed by atoms with E-state index >= 15 is 0 Å². The van der Waals surface area contributed by atoms with E-state index in [2.05, 4.69) is 29.6 Å². The van der Waals surface area contributed by atoms with Crippen molar-refractivity contribution in [2.45, 2.75) is 31.8 Å². The summed E-state index contributed by atoms with van der Waals surface area (Å²) in [5.41, 5.74) is 3.48. The van der Waals surface area contributed by atoms with Gasteiger partial charge in [0.15, 0.2) is 0 Å². The van der Waals surface area contributed by atoms with Crippen molar-refractivity contribution in [3.8, 4) is 11.5 Å². The summed E-state index contributed by atoms with van der Waals surface area (Å²) < 4.78 is 0. The number of benzene rings is 2. The van der Waals surface area contributed by atoms with Crippen LogP contribution in [0.5, 0.6) is 11.5 Å². The third-order valence-corrected chi connectivity index (χ3v) is 4.06. The monoisotopic (exact) mass is 269 g/mol. The Bertz CT molecular complexity index is 624. The number of nitrogens with one attached hydrogen (secondary N) is 1. The van der Waals surface area contributed by atoms with Crippen molar-refractivity contribution in [1.82, 2.24) is 5.32 Å². The van der Waals surface area contributed by atoms with Crippen LogP contribution in [0.2, 0.25) is 0 Å². The van der Waals surface area contributed by atoms with Gasteiger partial charge in [-0.2, -0.15) is 0 Å². The van der Waals surface area contributed by atoms with Crippen molar-refractivity contribution in [1.29, 1.82) is 0 Å². The fourth-order valence-electron chi connectivity index (χ4n) is 3.01. The molecule has 0 saturated heterocycles. The van der Waals surface area contributed by atoms with Gasteiger partial charge in [-0.25, -0.2) is 0 Å². The van der Waals surface area contributed by atoms with Crippen molar-refractivity contribution in [3.05, 3.63) is 59.2 Å². The SMILES string of the molecule is CC(NC1CCc2ccccc21)c1cc(O)ccc1O. The van der Waals surface area contributed by atoms with Crippen LogP contribution in [-0.2, 0) is 6.42 Å². The second-order valence-electron chi connectivity index (χ2n) is 5.42. The largest absolute Gasteiger partial charge is 0.508 e. The van der Waals surface area contributed by atoms with Gasteiger partial charge in [-0.1, -0.05) is 24.3 Å². The lowest BCUT2D eigenvalue weighted by molar-refractivity contribution is 0.421. The molecule has 3 nitrogen and oxygen atoms in total. The lowest BCUT2D eigenvalue weighted by Gasteiger charge is -2.21. The second-order valence-corrected chi connectivity index (χ2v) is 5.42. The Morgan fingerprint density at radius 2 is 1.95 bits per heavy atom. The molecule has 0 amide bonds. The molecule has 2 unspecified atom stereocenters. The van der Waals surface area contributed by atoms with Crippen LogP contribution in [-0.4, -0.2) is 10.2 Å². The summed E-state index contributed by atoms with van der Waals surface area (Å²) in [6.45, 7) is 2.01. The predicted octanol–water partition coefficient (Wildman–Crippen LogP) is 3.44. The van der Waals surface area contributed by atoms with Crippen LogP contribution >= 0.6 is 0 Å². The third-order valence-electron chi connectivity index (χ3n) is 4.06. The van der Waals surface area contributed by atoms with Gasteiger partial charge in [0.1, 0.15) is 11.5 Å². The zero-order valence-electron chi connectivity index (χ0n) is 11.5. The molecule has 20 heavy (non-hydrogen) atoms. The van der Waals surface area contributed by atoms with Gasteiger partial charge in [0, 0.05) is 17.6 Å². The van der Waals surface area contributed by atoms with Gasteiger partial charge < -0.3 is 15.5 Å². The number of phenols is 2. The Morgan fingerprint density at radius 1 is 1.15 bits per heavy atom. The molecule has 0 radical (unpaired) electrons. The first-order valence-electron chi connectivity index (χ1n) is 7.01. The van der Waals surface area contributed by atoms with E-state index in [4.69, 9.17) is 0 Å². The molecule has 3 N–H and O–H groups in total. The third kappa shape index (κ3) is 2.37. The highest BCUT2D eigenvalue weighted by Crippen LogP contribution is 2.35. The summed E-state index contributed by atoms with van der Waals surface area (Å²) in [5.74, 6) is 0.396. The van der Waals surface area contributed by atoms with Gasteiger partial charge in [0.2, 0.25) is 0 Å². The molecule has 3 heteroatoms. The molecule has 3 rings (SSSR count). The van der Waals surface area contributed by atoms with Crippen LogP contribution in [0.25, 0.3) is 0 Å². The molecule has 0 saturated carbocycles. The van der Waals surface area contributed by atoms with E-state index in [1.165, 1.54) is 23.3 Å². The van der Waals surface area contributed by atoms with E-state index in [1.54, 1.807) is 6.07 Å². The van der Waals surface area contributed by atoms with Gasteiger partial charge >= 0.3 is 0 Å². The summed E-state index contributed by atoms with van der Waals surface area (Å²) in [6.07, 6.45) is 2.16. The molecule has 0 heterocycles. The first-order chi connectivity index (χ1) is 9.65. The minimum atomic E-state index is -0.0155. The first kappa shape index (κ1) is 13.0. The summed E-state index contributed by atoms with van der Waals surface area (Å²) >= 11 is 0. The maximum absolute atomic E-state index is 9.92. The lowest BCUT2D eigenvalue weighted by atomic mass is 10.0. The molecule has 2 atom stereocenters. The number of phenolic OH excluding ortho intramolecular Hbond substituents is 2. The van der Waals surface area contributed by atoms with Crippen LogP contribution in [0, 0.1) is 0 Å². The maximum atomic E-state index is 9.92. The Morgan fingerprint density at radius 3 is 2.80 bits per heavy atom. The molecule has 0 bridgehead atoms. The molecule has 0 aliphatic heterocycles. The Labute approximate surface area is 118 Å². The van der Waals surface area contributed by atoms with Crippen molar-refractivity contribution in [2.75, 3.05) is 0 Å². The first-order valence-corrected chi connectivity index (χ1v) is 7.01. The minimum Gasteiger partial charge on any atom is -0.508 e. The summed E-state index contributed by atoms with van der Waals surface area (Å²) in [5, 5.41) is 23.0. The van der Waals surface area contributed by atoms with Crippen LogP contribution in [0.3, 0.4) is 0 Å². The Balaban J connectivity index is 1.80. The van der Waals surface area contributed by atoms with E-state index in [0.717, 1.165) is 18.4 Å². The average molecular weight is 269 g/mol. The number of hydrogen-bond acceptors (Lipinski definition) is 3. The molecule has 2 aromatic carbocycles. The molecule has 0 fully saturated rings. The standard InChI is InChI=1S/C17H19NO2/c1-11(15-10-13(19)7-9-17(15)20)18-16-8-6-12-4-2-3-5-14(12)16/h2-5,7,9-11,16,18-20H,6,8H2,1H3.